The number of nitrogens with zero attached hydrogens (tertiary/aromatic N) is 1. The van der Waals surface area contributed by atoms with Crippen LogP contribution in [0.5, 0.6) is 0 Å². The number of hydrogen-bond donors (Lipinski definition) is 0. The van der Waals surface area contributed by atoms with Crippen molar-refractivity contribution in [3.63, 3.8) is 0 Å². The molecule has 0 amide bonds. The molecule has 0 N–H and O–H groups in total. The van der Waals surface area contributed by atoms with Gasteiger partial charge in [0, 0.05) is 0 Å². The molecular weight excluding hydrogens is 318 g/mol. The molecule has 2 saturated carbocycles. The van der Waals surface area contributed by atoms with Crippen molar-refractivity contribution in [1.29, 1.82) is 0 Å². The molecule has 2 aliphatic rings. The van der Waals surface area contributed by atoms with Crippen molar-refractivity contribution in [3.8, 4) is 0 Å². The zero-order chi connectivity index (χ0) is 13.6. The van der Waals surface area contributed by atoms with Crippen LogP contribution in [-0.4, -0.2) is 13.8 Å². The van der Waals surface area contributed by atoms with Crippen LogP contribution >= 0.6 is 0 Å². The van der Waals surface area contributed by atoms with E-state index in [2.05, 4.69) is 40.8 Å². The van der Waals surface area contributed by atoms with Gasteiger partial charge in [-0.05, 0) is 24.2 Å². The van der Waals surface area contributed by atoms with Gasteiger partial charge in [0.25, 0.3) is 0 Å². The van der Waals surface area contributed by atoms with Gasteiger partial charge in [0.2, 0.25) is 0 Å². The molecule has 4 atom stereocenters. The van der Waals surface area contributed by atoms with Gasteiger partial charge in [-0.1, -0.05) is 80.2 Å². The first-order valence-electron chi connectivity index (χ1n) is 7.95. The molecule has 130 valence electrons. The molecule has 22 heavy (non-hydrogen) atoms. The third-order valence-electron chi connectivity index (χ3n) is 5.28. The molecule has 0 saturated heterocycles. The van der Waals surface area contributed by atoms with Crippen LogP contribution in [0.25, 0.3) is 4.98 Å². The average Bonchev–Trinajstić information content (AvgIpc) is 2.54. The summed E-state index contributed by atoms with van der Waals surface area (Å²) in [4.78, 5) is 5.29. The van der Waals surface area contributed by atoms with Gasteiger partial charge >= 0.3 is 21.7 Å². The van der Waals surface area contributed by atoms with Crippen LogP contribution in [0.4, 0.5) is 0 Å². The van der Waals surface area contributed by atoms with Crippen molar-refractivity contribution < 1.29 is 21.7 Å². The van der Waals surface area contributed by atoms with Crippen molar-refractivity contribution in [3.05, 3.63) is 27.3 Å². The van der Waals surface area contributed by atoms with E-state index in [0.29, 0.717) is 0 Å². The average molecular weight is 359 g/mol. The van der Waals surface area contributed by atoms with Gasteiger partial charge in [-0.2, -0.15) is 0 Å². The van der Waals surface area contributed by atoms with Crippen LogP contribution in [-0.2, 0) is 21.7 Å². The second-order valence-corrected chi connectivity index (χ2v) is 12.6. The minimum atomic E-state index is -1.43. The predicted octanol–water partition coefficient (Wildman–Crippen LogP) is 6.93. The first-order valence-corrected chi connectivity index (χ1v) is 11.0. The Balaban J connectivity index is -0.000000902. The minimum absolute atomic E-state index is 0. The Kier molecular flexibility index (Phi) is 12.6. The molecule has 0 aromatic heterocycles. The van der Waals surface area contributed by atoms with Crippen LogP contribution in [0, 0.1) is 40.0 Å². The summed E-state index contributed by atoms with van der Waals surface area (Å²) in [6.07, 6.45) is 7.42. The topological polar surface area (TPSA) is 14.1 Å². The van der Waals surface area contributed by atoms with Gasteiger partial charge in [-0.15, -0.1) is 5.54 Å². The monoisotopic (exact) mass is 359 g/mol. The normalized spacial score (nSPS) is 30.8. The summed E-state index contributed by atoms with van der Waals surface area (Å²) in [6, 6.07) is 0. The summed E-state index contributed by atoms with van der Waals surface area (Å²) >= 11 is 0. The van der Waals surface area contributed by atoms with Crippen LogP contribution in [0.15, 0.2) is 0 Å². The smallest absolute Gasteiger partial charge is 0.660 e. The molecule has 2 rings (SSSR count). The van der Waals surface area contributed by atoms with Crippen LogP contribution in [0.3, 0.4) is 0 Å². The molecule has 1 nitrogen and oxygen atoms in total. The fraction of sp³-hybridized carbons (Fsp3) is 0.842. The maximum atomic E-state index is 5.29. The van der Waals surface area contributed by atoms with Gasteiger partial charge in [-0.25, -0.2) is 0 Å². The molecule has 0 radical (unpaired) electrons. The van der Waals surface area contributed by atoms with Gasteiger partial charge < -0.3 is 27.3 Å². The Morgan fingerprint density at radius 1 is 0.909 bits per heavy atom. The van der Waals surface area contributed by atoms with Crippen LogP contribution < -0.4 is 0 Å². The van der Waals surface area contributed by atoms with Crippen LogP contribution in [0.1, 0.15) is 59.8 Å². The Bertz CT molecular complexity index is 298. The fourth-order valence-corrected chi connectivity index (χ4v) is 9.21. The molecule has 0 aliphatic heterocycles. The van der Waals surface area contributed by atoms with Gasteiger partial charge in [0.1, 0.15) is 0 Å². The quantitative estimate of drug-likeness (QED) is 0.375. The van der Waals surface area contributed by atoms with Crippen molar-refractivity contribution in [2.75, 3.05) is 0 Å². The number of rotatable bonds is 2. The molecule has 0 heterocycles. The molecule has 0 aromatic carbocycles. The maximum Gasteiger partial charge on any atom is 4.00 e. The van der Waals surface area contributed by atoms with Gasteiger partial charge in [-0.3, -0.25) is 0 Å². The first-order chi connectivity index (χ1) is 8.21. The molecule has 4 unspecified atom stereocenters. The predicted molar refractivity (Wildman–Crippen MR) is 103 cm³/mol. The van der Waals surface area contributed by atoms with E-state index in [1.807, 2.05) is 0 Å². The summed E-state index contributed by atoms with van der Waals surface area (Å²) in [6.45, 7) is 14.4. The molecule has 2 aliphatic carbocycles. The molecular formula is C19H41NSiTi. The van der Waals surface area contributed by atoms with E-state index in [0.717, 1.165) is 23.3 Å². The summed E-state index contributed by atoms with van der Waals surface area (Å²) in [5, 5.41) is 0. The van der Waals surface area contributed by atoms with Crippen molar-refractivity contribution in [2.24, 2.45) is 17.8 Å². The van der Waals surface area contributed by atoms with Crippen molar-refractivity contribution >= 4 is 8.24 Å². The van der Waals surface area contributed by atoms with Crippen molar-refractivity contribution in [1.82, 2.24) is 0 Å². The molecule has 0 bridgehead atoms. The molecule has 0 spiro atoms. The van der Waals surface area contributed by atoms with Gasteiger partial charge in [0.05, 0.1) is 0 Å². The van der Waals surface area contributed by atoms with E-state index in [4.69, 9.17) is 4.98 Å². The second kappa shape index (κ2) is 10.0. The zero-order valence-corrected chi connectivity index (χ0v) is 19.4. The van der Waals surface area contributed by atoms with E-state index in [9.17, 15) is 0 Å². The second-order valence-electron chi connectivity index (χ2n) is 8.37. The van der Waals surface area contributed by atoms with Gasteiger partial charge in [0.15, 0.2) is 0 Å². The van der Waals surface area contributed by atoms with E-state index >= 15 is 0 Å². The third-order valence-corrected chi connectivity index (χ3v) is 9.01. The third kappa shape index (κ3) is 6.42. The largest absolute Gasteiger partial charge is 4.00 e. The summed E-state index contributed by atoms with van der Waals surface area (Å²) in [5.41, 5.74) is 1.11. The zero-order valence-electron chi connectivity index (χ0n) is 16.8. The number of hydrogen-bond acceptors (Lipinski definition) is 0. The maximum absolute atomic E-state index is 5.29. The Labute approximate surface area is 158 Å². The molecule has 2 fully saturated rings. The first kappa shape index (κ1) is 27.7. The van der Waals surface area contributed by atoms with E-state index in [1.165, 1.54) is 32.1 Å². The van der Waals surface area contributed by atoms with E-state index < -0.39 is 8.24 Å². The Morgan fingerprint density at radius 2 is 1.36 bits per heavy atom. The molecule has 0 aromatic rings. The minimum Gasteiger partial charge on any atom is -0.660 e. The van der Waals surface area contributed by atoms with E-state index in [-0.39, 0.29) is 49.5 Å². The summed E-state index contributed by atoms with van der Waals surface area (Å²) < 4.78 is 0. The fourth-order valence-electron chi connectivity index (χ4n) is 4.90. The van der Waals surface area contributed by atoms with Crippen LogP contribution in [0.2, 0.25) is 18.6 Å². The number of fused-ring (bicyclic) bond motifs is 1. The SMILES string of the molecule is CC1CC([Si](C)(C)[N-]C(C)(C)C)C2CCCCC12.[CH3-].[CH3-].[CH3-].[Ti+4]. The Morgan fingerprint density at radius 3 is 1.82 bits per heavy atom. The molecule has 3 heteroatoms. The van der Waals surface area contributed by atoms with E-state index in [1.54, 1.807) is 0 Å². The Hall–Kier alpha value is 0.891. The van der Waals surface area contributed by atoms with Crippen molar-refractivity contribution in [2.45, 2.75) is 84.0 Å². The standard InChI is InChI=1S/C16H32NSi.3CH3.Ti/c1-12-11-15(14-10-8-7-9-13(12)14)18(5,6)17-16(2,3)4;;;;/h12-15H,7-11H2,1-6H3;3*1H3;/q4*-1;+4. The summed E-state index contributed by atoms with van der Waals surface area (Å²) in [5.74, 6) is 3.01. The summed E-state index contributed by atoms with van der Waals surface area (Å²) in [7, 11) is -1.43.